The van der Waals surface area contributed by atoms with Gasteiger partial charge in [-0.1, -0.05) is 72.8 Å². The molecule has 5 aromatic carbocycles. The molecular weight excluding hydrogens is 378 g/mol. The van der Waals surface area contributed by atoms with Crippen molar-refractivity contribution in [1.29, 1.82) is 0 Å². The molecule has 0 aliphatic rings. The van der Waals surface area contributed by atoms with Crippen LogP contribution in [0.15, 0.2) is 115 Å². The fourth-order valence-electron chi connectivity index (χ4n) is 4.06. The van der Waals surface area contributed by atoms with Gasteiger partial charge in [-0.25, -0.2) is 0 Å². The molecule has 0 aliphatic heterocycles. The number of nitrogen functional groups attached to an aromatic ring is 2. The van der Waals surface area contributed by atoms with Crippen molar-refractivity contribution in [3.05, 3.63) is 115 Å². The Morgan fingerprint density at radius 1 is 0.484 bits per heavy atom. The van der Waals surface area contributed by atoms with E-state index in [0.717, 1.165) is 50.3 Å². The van der Waals surface area contributed by atoms with E-state index in [1.807, 2.05) is 42.5 Å². The molecule has 4 N–H and O–H groups in total. The monoisotopic (exact) mass is 401 g/mol. The summed E-state index contributed by atoms with van der Waals surface area (Å²) in [6.07, 6.45) is 0. The summed E-state index contributed by atoms with van der Waals surface area (Å²) in [4.78, 5) is 2.24. The molecule has 0 saturated heterocycles. The molecule has 3 nitrogen and oxygen atoms in total. The molecule has 0 amide bonds. The summed E-state index contributed by atoms with van der Waals surface area (Å²) >= 11 is 0. The highest BCUT2D eigenvalue weighted by atomic mass is 15.1. The van der Waals surface area contributed by atoms with Crippen molar-refractivity contribution in [1.82, 2.24) is 0 Å². The lowest BCUT2D eigenvalue weighted by atomic mass is 9.97. The predicted octanol–water partition coefficient (Wildman–Crippen LogP) is 7.14. The van der Waals surface area contributed by atoms with E-state index in [4.69, 9.17) is 11.5 Å². The molecule has 5 aromatic rings. The van der Waals surface area contributed by atoms with Crippen LogP contribution in [0.5, 0.6) is 0 Å². The van der Waals surface area contributed by atoms with Crippen LogP contribution < -0.4 is 16.4 Å². The molecule has 31 heavy (non-hydrogen) atoms. The summed E-state index contributed by atoms with van der Waals surface area (Å²) in [7, 11) is 0. The molecule has 0 unspecified atom stereocenters. The molecular formula is C28H23N3. The number of hydrogen-bond donors (Lipinski definition) is 2. The minimum atomic E-state index is 0.735. The second-order valence-electron chi connectivity index (χ2n) is 7.53. The SMILES string of the molecule is Nc1cc(-c2ccc(N(c3ccccc3)c3ccccc3)cc2)c(N)c2ccccc12. The second-order valence-corrected chi connectivity index (χ2v) is 7.53. The lowest BCUT2D eigenvalue weighted by Gasteiger charge is -2.25. The quantitative estimate of drug-likeness (QED) is 0.315. The fraction of sp³-hybridized carbons (Fsp3) is 0. The Hall–Kier alpha value is -4.24. The summed E-state index contributed by atoms with van der Waals surface area (Å²) in [6.45, 7) is 0. The van der Waals surface area contributed by atoms with Crippen molar-refractivity contribution in [2.45, 2.75) is 0 Å². The first-order valence-electron chi connectivity index (χ1n) is 10.3. The van der Waals surface area contributed by atoms with Crippen LogP contribution in [0.1, 0.15) is 0 Å². The van der Waals surface area contributed by atoms with E-state index in [-0.39, 0.29) is 0 Å². The summed E-state index contributed by atoms with van der Waals surface area (Å²) < 4.78 is 0. The topological polar surface area (TPSA) is 55.3 Å². The molecule has 3 heteroatoms. The van der Waals surface area contributed by atoms with E-state index < -0.39 is 0 Å². The Bertz CT molecular complexity index is 1290. The van der Waals surface area contributed by atoms with E-state index in [1.165, 1.54) is 0 Å². The molecule has 0 heterocycles. The van der Waals surface area contributed by atoms with Gasteiger partial charge in [0.15, 0.2) is 0 Å². The standard InChI is InChI=1S/C28H23N3/c29-27-19-26(28(30)25-14-8-7-13-24(25)27)20-15-17-23(18-16-20)31(21-9-3-1-4-10-21)22-11-5-2-6-12-22/h1-19H,29-30H2. The van der Waals surface area contributed by atoms with Gasteiger partial charge in [0.1, 0.15) is 0 Å². The van der Waals surface area contributed by atoms with Crippen molar-refractivity contribution in [2.75, 3.05) is 16.4 Å². The lowest BCUT2D eigenvalue weighted by molar-refractivity contribution is 1.28. The fourth-order valence-corrected chi connectivity index (χ4v) is 4.06. The van der Waals surface area contributed by atoms with Gasteiger partial charge in [-0.2, -0.15) is 0 Å². The maximum atomic E-state index is 6.53. The zero-order valence-corrected chi connectivity index (χ0v) is 17.1. The summed E-state index contributed by atoms with van der Waals surface area (Å²) in [5, 5.41) is 1.97. The highest BCUT2D eigenvalue weighted by Crippen LogP contribution is 2.39. The third-order valence-corrected chi connectivity index (χ3v) is 5.58. The van der Waals surface area contributed by atoms with Gasteiger partial charge in [-0.3, -0.25) is 0 Å². The smallest absolute Gasteiger partial charge is 0.0474 e. The molecule has 5 rings (SSSR count). The Labute approximate surface area is 182 Å². The van der Waals surface area contributed by atoms with Crippen LogP contribution in [0.2, 0.25) is 0 Å². The average Bonchev–Trinajstić information content (AvgIpc) is 2.84. The molecule has 0 fully saturated rings. The Kier molecular flexibility index (Phi) is 4.77. The van der Waals surface area contributed by atoms with Crippen LogP contribution in [0.3, 0.4) is 0 Å². The molecule has 0 spiro atoms. The molecule has 150 valence electrons. The number of benzene rings is 5. The van der Waals surface area contributed by atoms with Gasteiger partial charge < -0.3 is 16.4 Å². The van der Waals surface area contributed by atoms with Gasteiger partial charge in [0.05, 0.1) is 0 Å². The second kappa shape index (κ2) is 7.88. The number of anilines is 5. The third kappa shape index (κ3) is 3.47. The summed E-state index contributed by atoms with van der Waals surface area (Å²) in [5.41, 5.74) is 19.6. The van der Waals surface area contributed by atoms with Crippen LogP contribution in [-0.4, -0.2) is 0 Å². The zero-order valence-electron chi connectivity index (χ0n) is 17.1. The maximum Gasteiger partial charge on any atom is 0.0474 e. The minimum Gasteiger partial charge on any atom is -0.398 e. The lowest BCUT2D eigenvalue weighted by Crippen LogP contribution is -2.09. The molecule has 0 radical (unpaired) electrons. The van der Waals surface area contributed by atoms with Crippen molar-refractivity contribution in [3.8, 4) is 11.1 Å². The van der Waals surface area contributed by atoms with E-state index >= 15 is 0 Å². The van der Waals surface area contributed by atoms with Gasteiger partial charge in [0.25, 0.3) is 0 Å². The Balaban J connectivity index is 1.59. The normalized spacial score (nSPS) is 10.8. The maximum absolute atomic E-state index is 6.53. The summed E-state index contributed by atoms with van der Waals surface area (Å²) in [6, 6.07) is 39.2. The first-order chi connectivity index (χ1) is 15.2. The van der Waals surface area contributed by atoms with Crippen LogP contribution >= 0.6 is 0 Å². The number of nitrogens with two attached hydrogens (primary N) is 2. The molecule has 0 atom stereocenters. The minimum absolute atomic E-state index is 0.735. The molecule has 0 bridgehead atoms. The van der Waals surface area contributed by atoms with Gasteiger partial charge in [0, 0.05) is 44.8 Å². The van der Waals surface area contributed by atoms with E-state index in [1.54, 1.807) is 0 Å². The van der Waals surface area contributed by atoms with Crippen molar-refractivity contribution < 1.29 is 0 Å². The average molecular weight is 402 g/mol. The Morgan fingerprint density at radius 3 is 1.55 bits per heavy atom. The highest BCUT2D eigenvalue weighted by Gasteiger charge is 2.14. The largest absolute Gasteiger partial charge is 0.398 e. The van der Waals surface area contributed by atoms with E-state index in [2.05, 4.69) is 77.7 Å². The number of nitrogens with zero attached hydrogens (tertiary/aromatic N) is 1. The van der Waals surface area contributed by atoms with Crippen molar-refractivity contribution >= 4 is 39.2 Å². The number of hydrogen-bond acceptors (Lipinski definition) is 3. The third-order valence-electron chi connectivity index (χ3n) is 5.58. The van der Waals surface area contributed by atoms with Gasteiger partial charge in [-0.05, 0) is 48.0 Å². The van der Waals surface area contributed by atoms with Crippen LogP contribution in [0, 0.1) is 0 Å². The predicted molar refractivity (Wildman–Crippen MR) is 133 cm³/mol. The highest BCUT2D eigenvalue weighted by molar-refractivity contribution is 6.06. The van der Waals surface area contributed by atoms with Crippen molar-refractivity contribution in [3.63, 3.8) is 0 Å². The Morgan fingerprint density at radius 2 is 0.968 bits per heavy atom. The number of para-hydroxylation sites is 2. The van der Waals surface area contributed by atoms with Crippen LogP contribution in [0.4, 0.5) is 28.4 Å². The first-order valence-corrected chi connectivity index (χ1v) is 10.3. The number of fused-ring (bicyclic) bond motifs is 1. The van der Waals surface area contributed by atoms with Gasteiger partial charge in [0.2, 0.25) is 0 Å². The van der Waals surface area contributed by atoms with Gasteiger partial charge in [-0.15, -0.1) is 0 Å². The van der Waals surface area contributed by atoms with Crippen LogP contribution in [0.25, 0.3) is 21.9 Å². The number of rotatable bonds is 4. The van der Waals surface area contributed by atoms with Gasteiger partial charge >= 0.3 is 0 Å². The van der Waals surface area contributed by atoms with Crippen molar-refractivity contribution in [2.24, 2.45) is 0 Å². The summed E-state index contributed by atoms with van der Waals surface area (Å²) in [5.74, 6) is 0. The first kappa shape index (κ1) is 18.8. The van der Waals surface area contributed by atoms with Crippen LogP contribution in [-0.2, 0) is 0 Å². The molecule has 0 aromatic heterocycles. The van der Waals surface area contributed by atoms with E-state index in [0.29, 0.717) is 0 Å². The molecule has 0 saturated carbocycles. The zero-order chi connectivity index (χ0) is 21.2. The van der Waals surface area contributed by atoms with E-state index in [9.17, 15) is 0 Å². The molecule has 0 aliphatic carbocycles.